The molecule has 144 valence electrons. The number of nitrogens with one attached hydrogen (secondary N) is 2. The van der Waals surface area contributed by atoms with Crippen molar-refractivity contribution in [2.75, 3.05) is 10.6 Å². The Balaban J connectivity index is 1.92. The Labute approximate surface area is 162 Å². The number of aromatic hydroxyl groups is 1. The van der Waals surface area contributed by atoms with E-state index in [-0.39, 0.29) is 11.8 Å². The maximum absolute atomic E-state index is 10.2. The van der Waals surface area contributed by atoms with Crippen molar-refractivity contribution in [1.82, 2.24) is 19.5 Å². The van der Waals surface area contributed by atoms with Gasteiger partial charge in [-0.2, -0.15) is 9.97 Å². The monoisotopic (exact) mass is 390 g/mol. The van der Waals surface area contributed by atoms with Crippen LogP contribution in [0.4, 0.5) is 11.8 Å². The summed E-state index contributed by atoms with van der Waals surface area (Å²) < 4.78 is 1.79. The van der Waals surface area contributed by atoms with Crippen LogP contribution in [0, 0.1) is 0 Å². The summed E-state index contributed by atoms with van der Waals surface area (Å²) in [6.07, 6.45) is 1.66. The lowest BCUT2D eigenvalue weighted by atomic mass is 10.0. The Hall–Kier alpha value is -2.58. The second-order valence-electron chi connectivity index (χ2n) is 7.04. The van der Waals surface area contributed by atoms with E-state index in [0.29, 0.717) is 40.1 Å². The Bertz CT molecular complexity index is 966. The van der Waals surface area contributed by atoms with Crippen LogP contribution in [-0.2, 0) is 13.6 Å². The Morgan fingerprint density at radius 1 is 1.30 bits per heavy atom. The normalized spacial score (nSPS) is 13.0. The summed E-state index contributed by atoms with van der Waals surface area (Å²) in [6.45, 7) is 5.60. The maximum Gasteiger partial charge on any atom is 0.227 e. The highest BCUT2D eigenvalue weighted by atomic mass is 35.5. The van der Waals surface area contributed by atoms with Gasteiger partial charge in [0.2, 0.25) is 5.95 Å². The highest BCUT2D eigenvalue weighted by Crippen LogP contribution is 2.28. The van der Waals surface area contributed by atoms with Crippen LogP contribution >= 0.6 is 11.6 Å². The summed E-state index contributed by atoms with van der Waals surface area (Å²) in [6, 6.07) is 4.91. The Kier molecular flexibility index (Phi) is 5.12. The molecule has 0 bridgehead atoms. The molecule has 0 fully saturated rings. The quantitative estimate of drug-likeness (QED) is 0.512. The molecule has 0 amide bonds. The van der Waals surface area contributed by atoms with Gasteiger partial charge in [-0.1, -0.05) is 23.7 Å². The molecule has 27 heavy (non-hydrogen) atoms. The molecule has 9 heteroatoms. The third kappa shape index (κ3) is 4.06. The van der Waals surface area contributed by atoms with Crippen molar-refractivity contribution in [3.05, 3.63) is 35.1 Å². The summed E-state index contributed by atoms with van der Waals surface area (Å²) in [5.74, 6) is 0.927. The van der Waals surface area contributed by atoms with Gasteiger partial charge in [-0.25, -0.2) is 4.98 Å². The average Bonchev–Trinajstić information content (AvgIpc) is 2.96. The minimum atomic E-state index is -0.940. The molecular weight excluding hydrogens is 368 g/mol. The van der Waals surface area contributed by atoms with Crippen LogP contribution in [0.1, 0.15) is 26.3 Å². The smallest absolute Gasteiger partial charge is 0.227 e. The Morgan fingerprint density at radius 2 is 2.04 bits per heavy atom. The number of fused-ring (bicyclic) bond motifs is 1. The van der Waals surface area contributed by atoms with Gasteiger partial charge >= 0.3 is 0 Å². The third-order valence-corrected chi connectivity index (χ3v) is 4.79. The number of anilines is 2. The number of nitrogens with zero attached hydrogens (tertiary/aromatic N) is 4. The van der Waals surface area contributed by atoms with Gasteiger partial charge in [0.25, 0.3) is 0 Å². The van der Waals surface area contributed by atoms with Gasteiger partial charge in [0, 0.05) is 19.2 Å². The fourth-order valence-corrected chi connectivity index (χ4v) is 2.64. The number of phenolic OH excluding ortho intramolecular Hbond substituents is 1. The predicted octanol–water partition coefficient (Wildman–Crippen LogP) is 2.91. The molecule has 0 saturated carbocycles. The van der Waals surface area contributed by atoms with Gasteiger partial charge in [0.15, 0.2) is 17.0 Å². The minimum absolute atomic E-state index is 0.0342. The first-order chi connectivity index (χ1) is 12.7. The Morgan fingerprint density at radius 3 is 2.74 bits per heavy atom. The molecule has 0 radical (unpaired) electrons. The van der Waals surface area contributed by atoms with Gasteiger partial charge in [-0.3, -0.25) is 0 Å². The van der Waals surface area contributed by atoms with E-state index in [9.17, 15) is 10.2 Å². The molecule has 8 nitrogen and oxygen atoms in total. The lowest BCUT2D eigenvalue weighted by Gasteiger charge is -2.26. The van der Waals surface area contributed by atoms with Crippen LogP contribution in [0.3, 0.4) is 0 Å². The third-order valence-electron chi connectivity index (χ3n) is 4.48. The van der Waals surface area contributed by atoms with Crippen molar-refractivity contribution in [3.63, 3.8) is 0 Å². The number of hydrogen-bond acceptors (Lipinski definition) is 7. The van der Waals surface area contributed by atoms with E-state index >= 15 is 0 Å². The van der Waals surface area contributed by atoms with Gasteiger partial charge in [0.1, 0.15) is 5.75 Å². The summed E-state index contributed by atoms with van der Waals surface area (Å²) in [5, 5.41) is 26.9. The fourth-order valence-electron chi connectivity index (χ4n) is 2.45. The molecule has 0 saturated heterocycles. The number of rotatable bonds is 6. The van der Waals surface area contributed by atoms with Crippen LogP contribution in [0.2, 0.25) is 5.02 Å². The molecule has 3 aromatic rings. The molecule has 0 aliphatic rings. The van der Waals surface area contributed by atoms with Gasteiger partial charge in [-0.05, 0) is 26.8 Å². The number of imidazole rings is 1. The number of benzene rings is 1. The molecule has 3 rings (SSSR count). The molecule has 4 N–H and O–H groups in total. The maximum atomic E-state index is 10.2. The van der Waals surface area contributed by atoms with Crippen LogP contribution in [0.25, 0.3) is 11.2 Å². The van der Waals surface area contributed by atoms with Crippen molar-refractivity contribution < 1.29 is 10.2 Å². The van der Waals surface area contributed by atoms with Crippen LogP contribution in [0.5, 0.6) is 5.75 Å². The predicted molar refractivity (Wildman–Crippen MR) is 106 cm³/mol. The lowest BCUT2D eigenvalue weighted by Crippen LogP contribution is -2.39. The molecule has 0 aliphatic heterocycles. The number of aryl methyl sites for hydroxylation is 1. The summed E-state index contributed by atoms with van der Waals surface area (Å²) in [4.78, 5) is 13.3. The molecule has 1 aromatic carbocycles. The second kappa shape index (κ2) is 7.21. The SMILES string of the molecule is CC(Nc1nc(NCc2cccc(Cl)c2O)c2ncn(C)c2n1)C(C)(C)O. The zero-order valence-electron chi connectivity index (χ0n) is 15.7. The van der Waals surface area contributed by atoms with E-state index in [1.165, 1.54) is 0 Å². The van der Waals surface area contributed by atoms with Crippen LogP contribution in [-0.4, -0.2) is 41.4 Å². The molecule has 0 aliphatic carbocycles. The molecule has 2 aromatic heterocycles. The van der Waals surface area contributed by atoms with E-state index < -0.39 is 5.60 Å². The van der Waals surface area contributed by atoms with Crippen LogP contribution < -0.4 is 10.6 Å². The topological polar surface area (TPSA) is 108 Å². The second-order valence-corrected chi connectivity index (χ2v) is 7.45. The largest absolute Gasteiger partial charge is 0.506 e. The molecule has 2 heterocycles. The average molecular weight is 391 g/mol. The molecule has 1 unspecified atom stereocenters. The highest BCUT2D eigenvalue weighted by Gasteiger charge is 2.23. The van der Waals surface area contributed by atoms with Gasteiger partial charge in [0.05, 0.1) is 23.0 Å². The van der Waals surface area contributed by atoms with E-state index in [4.69, 9.17) is 11.6 Å². The summed E-state index contributed by atoms with van der Waals surface area (Å²) in [7, 11) is 1.85. The number of para-hydroxylation sites is 1. The summed E-state index contributed by atoms with van der Waals surface area (Å²) >= 11 is 5.97. The molecule has 0 spiro atoms. The van der Waals surface area contributed by atoms with Crippen molar-refractivity contribution in [3.8, 4) is 5.75 Å². The van der Waals surface area contributed by atoms with Crippen molar-refractivity contribution in [1.29, 1.82) is 0 Å². The first-order valence-corrected chi connectivity index (χ1v) is 8.93. The van der Waals surface area contributed by atoms with Crippen molar-refractivity contribution in [2.45, 2.75) is 39.0 Å². The lowest BCUT2D eigenvalue weighted by molar-refractivity contribution is 0.0646. The first kappa shape index (κ1) is 19.2. The number of aromatic nitrogens is 4. The van der Waals surface area contributed by atoms with Gasteiger partial charge < -0.3 is 25.4 Å². The number of halogens is 1. The summed E-state index contributed by atoms with van der Waals surface area (Å²) in [5.41, 5.74) is 0.962. The fraction of sp³-hybridized carbons (Fsp3) is 0.389. The van der Waals surface area contributed by atoms with Crippen molar-refractivity contribution in [2.24, 2.45) is 7.05 Å². The highest BCUT2D eigenvalue weighted by molar-refractivity contribution is 6.32. The number of hydrogen-bond donors (Lipinski definition) is 4. The van der Waals surface area contributed by atoms with E-state index in [1.807, 2.05) is 14.0 Å². The molecule has 1 atom stereocenters. The van der Waals surface area contributed by atoms with Crippen molar-refractivity contribution >= 4 is 34.5 Å². The zero-order chi connectivity index (χ0) is 19.8. The standard InChI is InChI=1S/C18H23ClN6O2/c1-10(18(2,3)27)22-17-23-15(13-16(24-17)25(4)9-21-13)20-8-11-6-5-7-12(19)14(11)26/h5-7,9-10,26-27H,8H2,1-4H3,(H2,20,22,23,24). The first-order valence-electron chi connectivity index (χ1n) is 8.55. The van der Waals surface area contributed by atoms with E-state index in [1.54, 1.807) is 42.9 Å². The number of phenols is 1. The zero-order valence-corrected chi connectivity index (χ0v) is 16.4. The number of aliphatic hydroxyl groups is 1. The minimum Gasteiger partial charge on any atom is -0.506 e. The van der Waals surface area contributed by atoms with Crippen LogP contribution in [0.15, 0.2) is 24.5 Å². The van der Waals surface area contributed by atoms with Gasteiger partial charge in [-0.15, -0.1) is 0 Å². The van der Waals surface area contributed by atoms with E-state index in [2.05, 4.69) is 25.6 Å². The molecular formula is C18H23ClN6O2. The van der Waals surface area contributed by atoms with E-state index in [0.717, 1.165) is 0 Å².